The zero-order valence-corrected chi connectivity index (χ0v) is 27.1. The van der Waals surface area contributed by atoms with E-state index in [0.717, 1.165) is 21.0 Å². The van der Waals surface area contributed by atoms with Crippen LogP contribution >= 0.6 is 11.6 Å². The minimum atomic E-state index is -4.34. The number of sulfonamides is 1. The molecule has 11 heteroatoms. The van der Waals surface area contributed by atoms with E-state index in [1.165, 1.54) is 56.5 Å². The summed E-state index contributed by atoms with van der Waals surface area (Å²) in [6, 6.07) is 26.4. The van der Waals surface area contributed by atoms with E-state index in [0.29, 0.717) is 10.8 Å². The van der Waals surface area contributed by atoms with E-state index in [9.17, 15) is 18.0 Å². The highest BCUT2D eigenvalue weighted by Crippen LogP contribution is 2.33. The molecule has 0 saturated heterocycles. The number of rotatable bonds is 13. The van der Waals surface area contributed by atoms with E-state index >= 15 is 0 Å². The van der Waals surface area contributed by atoms with Crippen LogP contribution in [0.2, 0.25) is 5.02 Å². The maximum atomic E-state index is 14.4. The molecule has 0 spiro atoms. The third kappa shape index (κ3) is 7.95. The van der Waals surface area contributed by atoms with Crippen molar-refractivity contribution in [2.75, 3.05) is 32.1 Å². The fraction of sp³-hybridized carbons (Fsp3) is 0.235. The number of nitrogens with zero attached hydrogens (tertiary/aromatic N) is 2. The van der Waals surface area contributed by atoms with E-state index in [2.05, 4.69) is 5.32 Å². The second-order valence-electron chi connectivity index (χ2n) is 10.3. The minimum Gasteiger partial charge on any atom is -0.493 e. The summed E-state index contributed by atoms with van der Waals surface area (Å²) in [5, 5.41) is 3.09. The van der Waals surface area contributed by atoms with Gasteiger partial charge in [0.1, 0.15) is 12.6 Å². The Morgan fingerprint density at radius 3 is 2.13 bits per heavy atom. The Bertz CT molecular complexity index is 1730. The van der Waals surface area contributed by atoms with E-state index in [-0.39, 0.29) is 35.2 Å². The van der Waals surface area contributed by atoms with Crippen LogP contribution in [0, 0.1) is 6.92 Å². The zero-order chi connectivity index (χ0) is 32.6. The Hall–Kier alpha value is -4.54. The highest BCUT2D eigenvalue weighted by atomic mass is 35.5. The molecule has 2 amide bonds. The first kappa shape index (κ1) is 33.4. The Kier molecular flexibility index (Phi) is 11.1. The van der Waals surface area contributed by atoms with Crippen LogP contribution in [0.5, 0.6) is 11.5 Å². The topological polar surface area (TPSA) is 105 Å². The molecule has 0 aliphatic carbocycles. The molecule has 4 aromatic rings. The summed E-state index contributed by atoms with van der Waals surface area (Å²) in [5.41, 5.74) is 2.82. The van der Waals surface area contributed by atoms with E-state index < -0.39 is 28.5 Å². The maximum absolute atomic E-state index is 14.4. The standard InChI is InChI=1S/C34H36ClN3O6S/c1-24-10-8-9-13-26(24)22-37(30(34(40)36-2)20-25-11-6-5-7-12-25)33(39)23-38(28-16-14-27(35)15-17-28)45(41,42)29-18-19-31(43-3)32(21-29)44-4/h5-19,21,30H,20,22-23H2,1-4H3,(H,36,40). The van der Waals surface area contributed by atoms with Gasteiger partial charge in [-0.25, -0.2) is 8.42 Å². The third-order valence-corrected chi connectivity index (χ3v) is 9.48. The Morgan fingerprint density at radius 1 is 0.867 bits per heavy atom. The quantitative estimate of drug-likeness (QED) is 0.212. The second-order valence-corrected chi connectivity index (χ2v) is 12.6. The molecular weight excluding hydrogens is 614 g/mol. The van der Waals surface area contributed by atoms with Crippen LogP contribution in [-0.2, 0) is 32.6 Å². The van der Waals surface area contributed by atoms with Gasteiger partial charge in [-0.2, -0.15) is 0 Å². The van der Waals surface area contributed by atoms with Crippen molar-refractivity contribution in [1.29, 1.82) is 0 Å². The van der Waals surface area contributed by atoms with Crippen LogP contribution < -0.4 is 19.1 Å². The lowest BCUT2D eigenvalue weighted by Gasteiger charge is -2.34. The number of benzene rings is 4. The fourth-order valence-corrected chi connectivity index (χ4v) is 6.49. The lowest BCUT2D eigenvalue weighted by molar-refractivity contribution is -0.139. The lowest BCUT2D eigenvalue weighted by Crippen LogP contribution is -2.53. The van der Waals surface area contributed by atoms with Crippen molar-refractivity contribution < 1.29 is 27.5 Å². The molecule has 0 aliphatic rings. The predicted octanol–water partition coefficient (Wildman–Crippen LogP) is 5.25. The molecule has 0 bridgehead atoms. The zero-order valence-electron chi connectivity index (χ0n) is 25.6. The number of halogens is 1. The summed E-state index contributed by atoms with van der Waals surface area (Å²) in [6.07, 6.45) is 0.224. The third-order valence-electron chi connectivity index (χ3n) is 7.46. The van der Waals surface area contributed by atoms with Crippen LogP contribution in [0.1, 0.15) is 16.7 Å². The molecule has 4 aromatic carbocycles. The van der Waals surface area contributed by atoms with E-state index in [4.69, 9.17) is 21.1 Å². The first-order valence-electron chi connectivity index (χ1n) is 14.2. The molecule has 4 rings (SSSR count). The van der Waals surface area contributed by atoms with Crippen molar-refractivity contribution >= 4 is 39.1 Å². The number of carbonyl (C=O) groups excluding carboxylic acids is 2. The number of ether oxygens (including phenoxy) is 2. The molecule has 0 aromatic heterocycles. The van der Waals surface area contributed by atoms with Gasteiger partial charge in [-0.05, 0) is 60.0 Å². The number of carbonyl (C=O) groups is 2. The van der Waals surface area contributed by atoms with Gasteiger partial charge in [-0.3, -0.25) is 13.9 Å². The summed E-state index contributed by atoms with van der Waals surface area (Å²) < 4.78 is 40.2. The van der Waals surface area contributed by atoms with Crippen molar-refractivity contribution in [3.63, 3.8) is 0 Å². The number of likely N-dealkylation sites (N-methyl/N-ethyl adjacent to an activating group) is 1. The number of nitrogens with one attached hydrogen (secondary N) is 1. The van der Waals surface area contributed by atoms with Gasteiger partial charge in [0.05, 0.1) is 24.8 Å². The van der Waals surface area contributed by atoms with Gasteiger partial charge in [-0.1, -0.05) is 66.2 Å². The Labute approximate surface area is 269 Å². The van der Waals surface area contributed by atoms with Crippen molar-refractivity contribution in [2.45, 2.75) is 30.8 Å². The van der Waals surface area contributed by atoms with Crippen molar-refractivity contribution in [3.05, 3.63) is 119 Å². The number of aryl methyl sites for hydroxylation is 1. The van der Waals surface area contributed by atoms with Crippen LogP contribution in [0.4, 0.5) is 5.69 Å². The SMILES string of the molecule is CNC(=O)C(Cc1ccccc1)N(Cc1ccccc1C)C(=O)CN(c1ccc(Cl)cc1)S(=O)(=O)c1ccc(OC)c(OC)c1. The molecule has 45 heavy (non-hydrogen) atoms. The van der Waals surface area contributed by atoms with Crippen molar-refractivity contribution in [1.82, 2.24) is 10.2 Å². The molecule has 1 atom stereocenters. The van der Waals surface area contributed by atoms with Crippen LogP contribution in [-0.4, -0.2) is 59.0 Å². The molecule has 0 fully saturated rings. The number of hydrogen-bond acceptors (Lipinski definition) is 6. The van der Waals surface area contributed by atoms with Crippen molar-refractivity contribution in [3.8, 4) is 11.5 Å². The Morgan fingerprint density at radius 2 is 1.51 bits per heavy atom. The largest absolute Gasteiger partial charge is 0.493 e. The summed E-state index contributed by atoms with van der Waals surface area (Å²) in [4.78, 5) is 29.2. The normalized spacial score (nSPS) is 11.8. The molecule has 0 saturated carbocycles. The van der Waals surface area contributed by atoms with Crippen molar-refractivity contribution in [2.24, 2.45) is 0 Å². The first-order chi connectivity index (χ1) is 21.6. The summed E-state index contributed by atoms with van der Waals surface area (Å²) in [7, 11) is 0.0313. The minimum absolute atomic E-state index is 0.0846. The first-order valence-corrected chi connectivity index (χ1v) is 16.0. The van der Waals surface area contributed by atoms with E-state index in [1.807, 2.05) is 61.5 Å². The van der Waals surface area contributed by atoms with Gasteiger partial charge in [0, 0.05) is 31.1 Å². The van der Waals surface area contributed by atoms with Crippen LogP contribution in [0.3, 0.4) is 0 Å². The molecule has 0 radical (unpaired) electrons. The summed E-state index contributed by atoms with van der Waals surface area (Å²) in [6.45, 7) is 1.42. The van der Waals surface area contributed by atoms with E-state index in [1.54, 1.807) is 12.1 Å². The predicted molar refractivity (Wildman–Crippen MR) is 175 cm³/mol. The van der Waals surface area contributed by atoms with Gasteiger partial charge in [-0.15, -0.1) is 0 Å². The molecule has 236 valence electrons. The molecule has 0 heterocycles. The monoisotopic (exact) mass is 649 g/mol. The summed E-state index contributed by atoms with van der Waals surface area (Å²) in [5.74, 6) is -0.377. The fourth-order valence-electron chi connectivity index (χ4n) is 4.93. The Balaban J connectivity index is 1.81. The average molecular weight is 650 g/mol. The van der Waals surface area contributed by atoms with Crippen LogP contribution in [0.25, 0.3) is 0 Å². The van der Waals surface area contributed by atoms with Gasteiger partial charge in [0.25, 0.3) is 10.0 Å². The maximum Gasteiger partial charge on any atom is 0.264 e. The molecule has 9 nitrogen and oxygen atoms in total. The van der Waals surface area contributed by atoms with Gasteiger partial charge in [0.15, 0.2) is 11.5 Å². The van der Waals surface area contributed by atoms with Gasteiger partial charge >= 0.3 is 0 Å². The molecular formula is C34H36ClN3O6S. The van der Waals surface area contributed by atoms with Gasteiger partial charge in [0.2, 0.25) is 11.8 Å². The second kappa shape index (κ2) is 15.0. The number of hydrogen-bond donors (Lipinski definition) is 1. The van der Waals surface area contributed by atoms with Gasteiger partial charge < -0.3 is 19.7 Å². The number of amides is 2. The highest BCUT2D eigenvalue weighted by Gasteiger charge is 2.35. The average Bonchev–Trinajstić information content (AvgIpc) is 3.06. The highest BCUT2D eigenvalue weighted by molar-refractivity contribution is 7.92. The lowest BCUT2D eigenvalue weighted by atomic mass is 10.0. The van der Waals surface area contributed by atoms with Crippen LogP contribution in [0.15, 0.2) is 102 Å². The molecule has 1 N–H and O–H groups in total. The smallest absolute Gasteiger partial charge is 0.264 e. The molecule has 0 aliphatic heterocycles. The molecule has 1 unspecified atom stereocenters. The summed E-state index contributed by atoms with van der Waals surface area (Å²) >= 11 is 6.13. The number of anilines is 1. The number of methoxy groups -OCH3 is 2.